The standard InChI is InChI=1S/C16H20N2O/c1-13-7-6-9-14(11-13)16(19)15(12-17)8-4-5-10-18(2)3/h6-9,11H,4-5,10H2,1-3H3/b15-8+. The van der Waals surface area contributed by atoms with Gasteiger partial charge in [-0.05, 0) is 46.5 Å². The molecule has 0 spiro atoms. The predicted molar refractivity (Wildman–Crippen MR) is 77.0 cm³/mol. The van der Waals surface area contributed by atoms with E-state index in [0.29, 0.717) is 5.56 Å². The van der Waals surface area contributed by atoms with Crippen molar-refractivity contribution < 1.29 is 4.79 Å². The highest BCUT2D eigenvalue weighted by Crippen LogP contribution is 2.11. The first kappa shape index (κ1) is 15.1. The number of benzene rings is 1. The highest BCUT2D eigenvalue weighted by molar-refractivity contribution is 6.11. The van der Waals surface area contributed by atoms with Crippen molar-refractivity contribution in [3.63, 3.8) is 0 Å². The maximum absolute atomic E-state index is 12.2. The first-order valence-electron chi connectivity index (χ1n) is 6.41. The van der Waals surface area contributed by atoms with Crippen LogP contribution in [0, 0.1) is 18.3 Å². The highest BCUT2D eigenvalue weighted by atomic mass is 16.1. The van der Waals surface area contributed by atoms with Gasteiger partial charge in [-0.1, -0.05) is 29.8 Å². The summed E-state index contributed by atoms with van der Waals surface area (Å²) >= 11 is 0. The first-order chi connectivity index (χ1) is 9.04. The van der Waals surface area contributed by atoms with E-state index in [1.165, 1.54) is 0 Å². The maximum atomic E-state index is 12.2. The lowest BCUT2D eigenvalue weighted by molar-refractivity contribution is 0.103. The van der Waals surface area contributed by atoms with Gasteiger partial charge in [0.2, 0.25) is 5.78 Å². The van der Waals surface area contributed by atoms with Gasteiger partial charge in [-0.15, -0.1) is 0 Å². The smallest absolute Gasteiger partial charge is 0.203 e. The zero-order valence-corrected chi connectivity index (χ0v) is 11.8. The predicted octanol–water partition coefficient (Wildman–Crippen LogP) is 2.97. The van der Waals surface area contributed by atoms with Crippen molar-refractivity contribution in [3.8, 4) is 6.07 Å². The lowest BCUT2D eigenvalue weighted by Crippen LogP contribution is -2.12. The molecule has 0 aliphatic heterocycles. The Morgan fingerprint density at radius 2 is 2.16 bits per heavy atom. The molecule has 19 heavy (non-hydrogen) atoms. The van der Waals surface area contributed by atoms with Gasteiger partial charge in [0.1, 0.15) is 6.07 Å². The molecule has 0 aromatic heterocycles. The Hall–Kier alpha value is -1.92. The molecule has 0 N–H and O–H groups in total. The molecule has 0 saturated heterocycles. The van der Waals surface area contributed by atoms with Crippen LogP contribution in [0.4, 0.5) is 0 Å². The van der Waals surface area contributed by atoms with Gasteiger partial charge in [0, 0.05) is 5.56 Å². The van der Waals surface area contributed by atoms with Gasteiger partial charge in [-0.2, -0.15) is 5.26 Å². The molecule has 100 valence electrons. The number of nitriles is 1. The highest BCUT2D eigenvalue weighted by Gasteiger charge is 2.11. The molecule has 1 aromatic carbocycles. The van der Waals surface area contributed by atoms with Crippen LogP contribution >= 0.6 is 0 Å². The quantitative estimate of drug-likeness (QED) is 0.340. The summed E-state index contributed by atoms with van der Waals surface area (Å²) in [5.74, 6) is -0.184. The van der Waals surface area contributed by atoms with E-state index in [1.54, 1.807) is 12.1 Å². The average molecular weight is 256 g/mol. The zero-order chi connectivity index (χ0) is 14.3. The molecule has 0 amide bonds. The van der Waals surface area contributed by atoms with Crippen LogP contribution in [0.2, 0.25) is 0 Å². The molecular weight excluding hydrogens is 236 g/mol. The lowest BCUT2D eigenvalue weighted by atomic mass is 10.0. The molecule has 0 fully saturated rings. The first-order valence-corrected chi connectivity index (χ1v) is 6.41. The maximum Gasteiger partial charge on any atom is 0.203 e. The molecule has 0 atom stereocenters. The molecule has 0 heterocycles. The third-order valence-electron chi connectivity index (χ3n) is 2.80. The average Bonchev–Trinajstić information content (AvgIpc) is 2.38. The van der Waals surface area contributed by atoms with Crippen molar-refractivity contribution >= 4 is 5.78 Å². The second-order valence-electron chi connectivity index (χ2n) is 4.87. The molecular formula is C16H20N2O. The van der Waals surface area contributed by atoms with E-state index in [4.69, 9.17) is 5.26 Å². The summed E-state index contributed by atoms with van der Waals surface area (Å²) in [5.41, 5.74) is 1.85. The van der Waals surface area contributed by atoms with E-state index in [0.717, 1.165) is 24.9 Å². The Balaban J connectivity index is 2.72. The van der Waals surface area contributed by atoms with Gasteiger partial charge >= 0.3 is 0 Å². The van der Waals surface area contributed by atoms with E-state index in [1.807, 2.05) is 45.3 Å². The minimum Gasteiger partial charge on any atom is -0.309 e. The number of rotatable bonds is 6. The number of ketones is 1. The summed E-state index contributed by atoms with van der Waals surface area (Å²) in [7, 11) is 4.01. The Labute approximate surface area is 115 Å². The van der Waals surface area contributed by atoms with E-state index in [2.05, 4.69) is 4.90 Å². The Kier molecular flexibility index (Phi) is 5.98. The van der Waals surface area contributed by atoms with Gasteiger partial charge in [0.25, 0.3) is 0 Å². The minimum atomic E-state index is -0.184. The fourth-order valence-corrected chi connectivity index (χ4v) is 1.78. The molecule has 3 heteroatoms. The fraction of sp³-hybridized carbons (Fsp3) is 0.375. The van der Waals surface area contributed by atoms with Crippen LogP contribution in [-0.4, -0.2) is 31.3 Å². The number of hydrogen-bond acceptors (Lipinski definition) is 3. The van der Waals surface area contributed by atoms with Gasteiger partial charge < -0.3 is 4.90 Å². The molecule has 0 aliphatic rings. The number of carbonyl (C=O) groups excluding carboxylic acids is 1. The molecule has 0 saturated carbocycles. The summed E-state index contributed by atoms with van der Waals surface area (Å²) in [6, 6.07) is 9.34. The SMILES string of the molecule is Cc1cccc(C(=O)/C(C#N)=C/CCCN(C)C)c1. The third kappa shape index (κ3) is 5.07. The summed E-state index contributed by atoms with van der Waals surface area (Å²) in [4.78, 5) is 14.2. The molecule has 3 nitrogen and oxygen atoms in total. The largest absolute Gasteiger partial charge is 0.309 e. The molecule has 0 bridgehead atoms. The van der Waals surface area contributed by atoms with Crippen LogP contribution in [-0.2, 0) is 0 Å². The number of Topliss-reactive ketones (excluding diaryl/α,β-unsaturated/α-hetero) is 1. The van der Waals surface area contributed by atoms with Crippen LogP contribution < -0.4 is 0 Å². The summed E-state index contributed by atoms with van der Waals surface area (Å²) < 4.78 is 0. The van der Waals surface area contributed by atoms with E-state index in [9.17, 15) is 4.79 Å². The van der Waals surface area contributed by atoms with E-state index in [-0.39, 0.29) is 11.4 Å². The third-order valence-corrected chi connectivity index (χ3v) is 2.80. The topological polar surface area (TPSA) is 44.1 Å². The Morgan fingerprint density at radius 1 is 1.42 bits per heavy atom. The normalized spacial score (nSPS) is 11.4. The van der Waals surface area contributed by atoms with Crippen molar-refractivity contribution in [2.45, 2.75) is 19.8 Å². The fourth-order valence-electron chi connectivity index (χ4n) is 1.78. The summed E-state index contributed by atoms with van der Waals surface area (Å²) in [6.45, 7) is 2.89. The van der Waals surface area contributed by atoms with Crippen LogP contribution in [0.3, 0.4) is 0 Å². The number of aryl methyl sites for hydroxylation is 1. The minimum absolute atomic E-state index is 0.184. The Morgan fingerprint density at radius 3 is 2.74 bits per heavy atom. The lowest BCUT2D eigenvalue weighted by Gasteiger charge is -2.07. The Bertz CT molecular complexity index is 510. The second kappa shape index (κ2) is 7.50. The number of hydrogen-bond donors (Lipinski definition) is 0. The monoisotopic (exact) mass is 256 g/mol. The van der Waals surface area contributed by atoms with Crippen LogP contribution in [0.1, 0.15) is 28.8 Å². The number of unbranched alkanes of at least 4 members (excludes halogenated alkanes) is 1. The second-order valence-corrected chi connectivity index (χ2v) is 4.87. The van der Waals surface area contributed by atoms with Crippen molar-refractivity contribution in [1.29, 1.82) is 5.26 Å². The molecule has 1 aromatic rings. The van der Waals surface area contributed by atoms with E-state index >= 15 is 0 Å². The van der Waals surface area contributed by atoms with Gasteiger partial charge in [-0.3, -0.25) is 4.79 Å². The number of nitrogens with zero attached hydrogens (tertiary/aromatic N) is 2. The van der Waals surface area contributed by atoms with Crippen LogP contribution in [0.5, 0.6) is 0 Å². The molecule has 0 aliphatic carbocycles. The van der Waals surface area contributed by atoms with Gasteiger partial charge in [0.05, 0.1) is 5.57 Å². The summed E-state index contributed by atoms with van der Waals surface area (Å²) in [5, 5.41) is 9.09. The van der Waals surface area contributed by atoms with Crippen molar-refractivity contribution in [2.24, 2.45) is 0 Å². The van der Waals surface area contributed by atoms with Crippen LogP contribution in [0.25, 0.3) is 0 Å². The van der Waals surface area contributed by atoms with Gasteiger partial charge in [0.15, 0.2) is 0 Å². The number of carbonyl (C=O) groups is 1. The molecule has 1 rings (SSSR count). The summed E-state index contributed by atoms with van der Waals surface area (Å²) in [6.07, 6.45) is 3.44. The van der Waals surface area contributed by atoms with Crippen molar-refractivity contribution in [2.75, 3.05) is 20.6 Å². The van der Waals surface area contributed by atoms with Crippen molar-refractivity contribution in [3.05, 3.63) is 47.0 Å². The molecule has 0 radical (unpaired) electrons. The number of allylic oxidation sites excluding steroid dienone is 2. The van der Waals surface area contributed by atoms with E-state index < -0.39 is 0 Å². The molecule has 0 unspecified atom stereocenters. The zero-order valence-electron chi connectivity index (χ0n) is 11.8. The van der Waals surface area contributed by atoms with Gasteiger partial charge in [-0.25, -0.2) is 0 Å². The van der Waals surface area contributed by atoms with Crippen molar-refractivity contribution in [1.82, 2.24) is 4.90 Å². The van der Waals surface area contributed by atoms with Crippen LogP contribution in [0.15, 0.2) is 35.9 Å².